The second kappa shape index (κ2) is 8.48. The molecular formula is C20H28N2O3. The molecule has 1 aromatic carbocycles. The van der Waals surface area contributed by atoms with E-state index in [4.69, 9.17) is 4.74 Å². The van der Waals surface area contributed by atoms with Crippen LogP contribution in [0.3, 0.4) is 0 Å². The Balaban J connectivity index is 1.55. The van der Waals surface area contributed by atoms with Gasteiger partial charge in [0.05, 0.1) is 5.41 Å². The Labute approximate surface area is 149 Å². The Hall–Kier alpha value is -1.88. The van der Waals surface area contributed by atoms with Gasteiger partial charge in [0.1, 0.15) is 0 Å². The zero-order chi connectivity index (χ0) is 17.5. The predicted octanol–water partition coefficient (Wildman–Crippen LogP) is 2.30. The average molecular weight is 344 g/mol. The minimum Gasteiger partial charge on any atom is -0.381 e. The van der Waals surface area contributed by atoms with Gasteiger partial charge < -0.3 is 15.4 Å². The summed E-state index contributed by atoms with van der Waals surface area (Å²) in [6, 6.07) is 10.2. The zero-order valence-corrected chi connectivity index (χ0v) is 14.8. The fraction of sp³-hybridized carbons (Fsp3) is 0.600. The van der Waals surface area contributed by atoms with Gasteiger partial charge in [0.2, 0.25) is 11.8 Å². The second-order valence-electron chi connectivity index (χ2n) is 7.12. The standard InChI is InChI=1S/C20H28N2O3/c23-18(22-17-8-4-5-9-17)10-13-21-19(24)20(11-14-25-15-12-20)16-6-2-1-3-7-16/h1-3,6-7,17H,4-5,8-15H2,(H,21,24)(H,22,23). The lowest BCUT2D eigenvalue weighted by Crippen LogP contribution is -2.48. The summed E-state index contributed by atoms with van der Waals surface area (Å²) >= 11 is 0. The van der Waals surface area contributed by atoms with Gasteiger partial charge in [-0.1, -0.05) is 43.2 Å². The quantitative estimate of drug-likeness (QED) is 0.832. The van der Waals surface area contributed by atoms with E-state index in [1.54, 1.807) is 0 Å². The first-order valence-electron chi connectivity index (χ1n) is 9.42. The summed E-state index contributed by atoms with van der Waals surface area (Å²) in [7, 11) is 0. The maximum absolute atomic E-state index is 12.9. The molecule has 0 atom stereocenters. The first-order chi connectivity index (χ1) is 12.2. The molecule has 1 heterocycles. The minimum atomic E-state index is -0.540. The highest BCUT2D eigenvalue weighted by Gasteiger charge is 2.41. The maximum Gasteiger partial charge on any atom is 0.230 e. The number of carbonyl (C=O) groups excluding carboxylic acids is 2. The third-order valence-electron chi connectivity index (χ3n) is 5.47. The zero-order valence-electron chi connectivity index (χ0n) is 14.8. The number of amides is 2. The van der Waals surface area contributed by atoms with Crippen LogP contribution in [0.15, 0.2) is 30.3 Å². The van der Waals surface area contributed by atoms with E-state index < -0.39 is 5.41 Å². The highest BCUT2D eigenvalue weighted by Crippen LogP contribution is 2.35. The van der Waals surface area contributed by atoms with Crippen molar-refractivity contribution in [2.24, 2.45) is 0 Å². The van der Waals surface area contributed by atoms with Crippen molar-refractivity contribution in [3.63, 3.8) is 0 Å². The molecule has 2 N–H and O–H groups in total. The monoisotopic (exact) mass is 344 g/mol. The SMILES string of the molecule is O=C(CCNC(=O)C1(c2ccccc2)CCOCC1)NC1CCCC1. The van der Waals surface area contributed by atoms with Gasteiger partial charge in [0.25, 0.3) is 0 Å². The van der Waals surface area contributed by atoms with Gasteiger partial charge in [-0.05, 0) is 31.2 Å². The van der Waals surface area contributed by atoms with Crippen LogP contribution in [0.1, 0.15) is 50.5 Å². The molecule has 0 radical (unpaired) electrons. The fourth-order valence-corrected chi connectivity index (χ4v) is 3.95. The second-order valence-corrected chi connectivity index (χ2v) is 7.12. The molecule has 1 saturated carbocycles. The van der Waals surface area contributed by atoms with Gasteiger partial charge in [0, 0.05) is 32.2 Å². The summed E-state index contributed by atoms with van der Waals surface area (Å²) in [6.07, 6.45) is 6.25. The number of benzene rings is 1. The molecule has 25 heavy (non-hydrogen) atoms. The first-order valence-corrected chi connectivity index (χ1v) is 9.42. The van der Waals surface area contributed by atoms with Gasteiger partial charge in [0.15, 0.2) is 0 Å². The molecule has 0 unspecified atom stereocenters. The van der Waals surface area contributed by atoms with E-state index in [0.717, 1.165) is 18.4 Å². The van der Waals surface area contributed by atoms with Crippen LogP contribution in [0, 0.1) is 0 Å². The van der Waals surface area contributed by atoms with Crippen LogP contribution in [-0.4, -0.2) is 37.6 Å². The third-order valence-corrected chi connectivity index (χ3v) is 5.47. The number of ether oxygens (including phenoxy) is 1. The summed E-state index contributed by atoms with van der Waals surface area (Å²) in [6.45, 7) is 1.56. The summed E-state index contributed by atoms with van der Waals surface area (Å²) in [5.74, 6) is 0.0450. The average Bonchev–Trinajstić information content (AvgIpc) is 3.16. The molecule has 5 nitrogen and oxygen atoms in total. The highest BCUT2D eigenvalue weighted by atomic mass is 16.5. The van der Waals surface area contributed by atoms with Gasteiger partial charge in [-0.25, -0.2) is 0 Å². The van der Waals surface area contributed by atoms with Crippen LogP contribution < -0.4 is 10.6 Å². The third kappa shape index (κ3) is 4.40. The normalized spacial score (nSPS) is 20.2. The molecule has 2 aliphatic rings. The Bertz CT molecular complexity index is 576. The van der Waals surface area contributed by atoms with E-state index >= 15 is 0 Å². The van der Waals surface area contributed by atoms with Crippen molar-refractivity contribution in [2.75, 3.05) is 19.8 Å². The molecule has 5 heteroatoms. The molecule has 1 saturated heterocycles. The lowest BCUT2D eigenvalue weighted by atomic mass is 9.73. The van der Waals surface area contributed by atoms with Crippen molar-refractivity contribution in [1.82, 2.24) is 10.6 Å². The number of hydrogen-bond acceptors (Lipinski definition) is 3. The van der Waals surface area contributed by atoms with Crippen molar-refractivity contribution in [3.8, 4) is 0 Å². The van der Waals surface area contributed by atoms with Crippen molar-refractivity contribution < 1.29 is 14.3 Å². The summed E-state index contributed by atoms with van der Waals surface area (Å²) in [5.41, 5.74) is 0.493. The van der Waals surface area contributed by atoms with E-state index in [0.29, 0.717) is 45.1 Å². The molecule has 0 spiro atoms. The van der Waals surface area contributed by atoms with Crippen molar-refractivity contribution in [3.05, 3.63) is 35.9 Å². The Kier molecular flexibility index (Phi) is 6.08. The van der Waals surface area contributed by atoms with Crippen molar-refractivity contribution >= 4 is 11.8 Å². The Morgan fingerprint density at radius 2 is 1.76 bits per heavy atom. The van der Waals surface area contributed by atoms with Crippen LogP contribution in [-0.2, 0) is 19.7 Å². The topological polar surface area (TPSA) is 67.4 Å². The molecule has 3 rings (SSSR count). The summed E-state index contributed by atoms with van der Waals surface area (Å²) < 4.78 is 5.47. The van der Waals surface area contributed by atoms with E-state index in [-0.39, 0.29) is 11.8 Å². The Morgan fingerprint density at radius 3 is 2.44 bits per heavy atom. The van der Waals surface area contributed by atoms with E-state index in [9.17, 15) is 9.59 Å². The van der Waals surface area contributed by atoms with Crippen molar-refractivity contribution in [1.29, 1.82) is 0 Å². The van der Waals surface area contributed by atoms with Gasteiger partial charge in [-0.2, -0.15) is 0 Å². The lowest BCUT2D eigenvalue weighted by molar-refractivity contribution is -0.130. The van der Waals surface area contributed by atoms with Gasteiger partial charge >= 0.3 is 0 Å². The fourth-order valence-electron chi connectivity index (χ4n) is 3.95. The summed E-state index contributed by atoms with van der Waals surface area (Å²) in [4.78, 5) is 25.0. The summed E-state index contributed by atoms with van der Waals surface area (Å²) in [5, 5.41) is 6.06. The van der Waals surface area contributed by atoms with Crippen LogP contribution in [0.2, 0.25) is 0 Å². The molecule has 2 fully saturated rings. The molecular weight excluding hydrogens is 316 g/mol. The largest absolute Gasteiger partial charge is 0.381 e. The first kappa shape index (κ1) is 17.9. The highest BCUT2D eigenvalue weighted by molar-refractivity contribution is 5.88. The Morgan fingerprint density at radius 1 is 1.08 bits per heavy atom. The molecule has 1 aliphatic heterocycles. The maximum atomic E-state index is 12.9. The molecule has 1 aromatic rings. The predicted molar refractivity (Wildman–Crippen MR) is 96.2 cm³/mol. The van der Waals surface area contributed by atoms with Gasteiger partial charge in [-0.15, -0.1) is 0 Å². The van der Waals surface area contributed by atoms with Gasteiger partial charge in [-0.3, -0.25) is 9.59 Å². The number of nitrogens with one attached hydrogen (secondary N) is 2. The molecule has 0 aromatic heterocycles. The van der Waals surface area contributed by atoms with E-state index in [2.05, 4.69) is 10.6 Å². The number of rotatable bonds is 6. The molecule has 2 amide bonds. The molecule has 1 aliphatic carbocycles. The number of carbonyl (C=O) groups is 2. The van der Waals surface area contributed by atoms with Crippen molar-refractivity contribution in [2.45, 2.75) is 56.4 Å². The van der Waals surface area contributed by atoms with Crippen LogP contribution in [0.25, 0.3) is 0 Å². The molecule has 0 bridgehead atoms. The van der Waals surface area contributed by atoms with E-state index in [1.165, 1.54) is 12.8 Å². The lowest BCUT2D eigenvalue weighted by Gasteiger charge is -2.36. The van der Waals surface area contributed by atoms with E-state index in [1.807, 2.05) is 30.3 Å². The van der Waals surface area contributed by atoms with Crippen LogP contribution in [0.5, 0.6) is 0 Å². The number of hydrogen-bond donors (Lipinski definition) is 2. The minimum absolute atomic E-state index is 0.00988. The van der Waals surface area contributed by atoms with Crippen LogP contribution >= 0.6 is 0 Å². The molecule has 136 valence electrons. The van der Waals surface area contributed by atoms with Crippen LogP contribution in [0.4, 0.5) is 0 Å². The smallest absolute Gasteiger partial charge is 0.230 e.